The molecular formula is C32H39ClN6O5S. The molecule has 240 valence electrons. The summed E-state index contributed by atoms with van der Waals surface area (Å²) >= 11 is 8.32. The van der Waals surface area contributed by atoms with E-state index in [0.29, 0.717) is 35.0 Å². The number of carbonyl (C=O) groups excluding carboxylic acids is 3. The first-order chi connectivity index (χ1) is 21.5. The second kappa shape index (κ2) is 13.4. The summed E-state index contributed by atoms with van der Waals surface area (Å²) in [6, 6.07) is 5.84. The summed E-state index contributed by atoms with van der Waals surface area (Å²) in [7, 11) is 8.53. The van der Waals surface area contributed by atoms with E-state index in [1.165, 1.54) is 26.0 Å². The standard InChI is InChI=1S/C32H39ClN6O5S/c1-18-27(28-24(33)12-10-22-23(11-13-26(41)43-6)30(32(42)44-7)37(4)29(22)28)31-25(9-8-14-39(31)34-18)36(3)16-20-15-21(38(5)35-20)17-45-19(2)40/h10,12,15,25H,8-9,11,13-14,16-17H2,1-7H3/t25-/m1/s1. The normalized spacial score (nSPS) is 14.6. The maximum atomic E-state index is 13.1. The highest BCUT2D eigenvalue weighted by molar-refractivity contribution is 8.12. The zero-order chi connectivity index (χ0) is 32.6. The van der Waals surface area contributed by atoms with E-state index < -0.39 is 5.97 Å². The van der Waals surface area contributed by atoms with E-state index in [-0.39, 0.29) is 23.5 Å². The fraction of sp³-hybridized carbons (Fsp3) is 0.469. The van der Waals surface area contributed by atoms with Crippen LogP contribution < -0.4 is 0 Å². The summed E-state index contributed by atoms with van der Waals surface area (Å²) in [6.07, 6.45) is 2.32. The molecule has 0 fully saturated rings. The van der Waals surface area contributed by atoms with E-state index in [1.807, 2.05) is 42.4 Å². The summed E-state index contributed by atoms with van der Waals surface area (Å²) in [4.78, 5) is 39.0. The Morgan fingerprint density at radius 3 is 2.58 bits per heavy atom. The van der Waals surface area contributed by atoms with Crippen LogP contribution in [-0.2, 0) is 58.4 Å². The number of aryl methyl sites for hydroxylation is 5. The van der Waals surface area contributed by atoms with Crippen molar-refractivity contribution in [3.8, 4) is 11.1 Å². The van der Waals surface area contributed by atoms with Crippen LogP contribution in [-0.4, -0.2) is 67.3 Å². The van der Waals surface area contributed by atoms with Crippen molar-refractivity contribution in [1.29, 1.82) is 0 Å². The van der Waals surface area contributed by atoms with Crippen LogP contribution in [0.2, 0.25) is 5.02 Å². The van der Waals surface area contributed by atoms with Gasteiger partial charge in [-0.05, 0) is 50.9 Å². The highest BCUT2D eigenvalue weighted by atomic mass is 35.5. The minimum absolute atomic E-state index is 0.0254. The Balaban J connectivity index is 1.61. The number of halogens is 1. The lowest BCUT2D eigenvalue weighted by Gasteiger charge is -2.32. The van der Waals surface area contributed by atoms with Gasteiger partial charge in [-0.25, -0.2) is 4.79 Å². The first kappa shape index (κ1) is 32.8. The molecule has 4 aromatic rings. The van der Waals surface area contributed by atoms with Crippen LogP contribution in [0.15, 0.2) is 18.2 Å². The Kier molecular flexibility index (Phi) is 9.76. The minimum Gasteiger partial charge on any atom is -0.469 e. The van der Waals surface area contributed by atoms with Crippen molar-refractivity contribution in [3.63, 3.8) is 0 Å². The molecule has 1 aromatic carbocycles. The van der Waals surface area contributed by atoms with Gasteiger partial charge in [-0.15, -0.1) is 0 Å². The third kappa shape index (κ3) is 6.28. The molecule has 11 nitrogen and oxygen atoms in total. The topological polar surface area (TPSA) is 113 Å². The number of nitrogens with zero attached hydrogens (tertiary/aromatic N) is 6. The Bertz CT molecular complexity index is 1790. The molecule has 1 aliphatic rings. The molecule has 5 rings (SSSR count). The average Bonchev–Trinajstić information content (AvgIpc) is 3.63. The fourth-order valence-corrected chi connectivity index (χ4v) is 7.39. The molecule has 0 amide bonds. The minimum atomic E-state index is -0.488. The van der Waals surface area contributed by atoms with Crippen LogP contribution in [0, 0.1) is 6.92 Å². The van der Waals surface area contributed by atoms with Crippen molar-refractivity contribution in [2.75, 3.05) is 21.3 Å². The second-order valence-corrected chi connectivity index (χ2v) is 13.0. The summed E-state index contributed by atoms with van der Waals surface area (Å²) in [6.45, 7) is 4.96. The Hall–Kier alpha value is -3.61. The number of hydrogen-bond donors (Lipinski definition) is 0. The molecule has 0 saturated heterocycles. The molecular weight excluding hydrogens is 616 g/mol. The van der Waals surface area contributed by atoms with Crippen LogP contribution in [0.5, 0.6) is 0 Å². The number of aromatic nitrogens is 5. The maximum Gasteiger partial charge on any atom is 0.354 e. The smallest absolute Gasteiger partial charge is 0.354 e. The van der Waals surface area contributed by atoms with Crippen LogP contribution in [0.25, 0.3) is 22.0 Å². The van der Waals surface area contributed by atoms with Crippen molar-refractivity contribution in [1.82, 2.24) is 29.0 Å². The molecule has 3 aromatic heterocycles. The van der Waals surface area contributed by atoms with Gasteiger partial charge in [0.1, 0.15) is 5.69 Å². The molecule has 0 saturated carbocycles. The number of fused-ring (bicyclic) bond motifs is 2. The predicted molar refractivity (Wildman–Crippen MR) is 174 cm³/mol. The lowest BCUT2D eigenvalue weighted by Crippen LogP contribution is -2.30. The summed E-state index contributed by atoms with van der Waals surface area (Å²) < 4.78 is 15.8. The van der Waals surface area contributed by atoms with Gasteiger partial charge >= 0.3 is 11.9 Å². The molecule has 0 radical (unpaired) electrons. The highest BCUT2D eigenvalue weighted by Crippen LogP contribution is 2.46. The van der Waals surface area contributed by atoms with Crippen LogP contribution in [0.3, 0.4) is 0 Å². The Morgan fingerprint density at radius 1 is 1.13 bits per heavy atom. The van der Waals surface area contributed by atoms with Crippen molar-refractivity contribution >= 4 is 51.3 Å². The van der Waals surface area contributed by atoms with Crippen LogP contribution in [0.4, 0.5) is 0 Å². The second-order valence-electron chi connectivity index (χ2n) is 11.4. The third-order valence-corrected chi connectivity index (χ3v) is 9.73. The number of methoxy groups -OCH3 is 2. The van der Waals surface area contributed by atoms with Gasteiger partial charge in [0.05, 0.1) is 47.9 Å². The van der Waals surface area contributed by atoms with E-state index >= 15 is 0 Å². The SMILES string of the molecule is COC(=O)CCc1c(C(=O)OC)n(C)c2c(-c3c(C)nn4c3[C@H](N(C)Cc3cc(CSC(C)=O)n(C)n3)CCC4)c(Cl)ccc12. The zero-order valence-electron chi connectivity index (χ0n) is 26.8. The predicted octanol–water partition coefficient (Wildman–Crippen LogP) is 5.38. The molecule has 1 aliphatic heterocycles. The molecule has 0 N–H and O–H groups in total. The quantitative estimate of drug-likeness (QED) is 0.208. The zero-order valence-corrected chi connectivity index (χ0v) is 28.3. The molecule has 0 spiro atoms. The van der Waals surface area contributed by atoms with E-state index in [2.05, 4.69) is 22.7 Å². The molecule has 0 aliphatic carbocycles. The van der Waals surface area contributed by atoms with Crippen LogP contribution in [0.1, 0.15) is 71.1 Å². The first-order valence-electron chi connectivity index (χ1n) is 14.8. The number of hydrogen-bond acceptors (Lipinski definition) is 9. The number of esters is 2. The molecule has 4 heterocycles. The number of carbonyl (C=O) groups is 3. The number of benzene rings is 1. The monoisotopic (exact) mass is 654 g/mol. The van der Waals surface area contributed by atoms with E-state index in [0.717, 1.165) is 64.2 Å². The molecule has 45 heavy (non-hydrogen) atoms. The highest BCUT2D eigenvalue weighted by Gasteiger charge is 2.34. The summed E-state index contributed by atoms with van der Waals surface area (Å²) in [5.41, 5.74) is 7.44. The van der Waals surface area contributed by atoms with Gasteiger partial charge < -0.3 is 14.0 Å². The molecule has 0 unspecified atom stereocenters. The van der Waals surface area contributed by atoms with E-state index in [4.69, 9.17) is 31.3 Å². The van der Waals surface area contributed by atoms with Gasteiger partial charge in [0.25, 0.3) is 0 Å². The Morgan fingerprint density at radius 2 is 1.89 bits per heavy atom. The van der Waals surface area contributed by atoms with Crippen molar-refractivity contribution in [2.24, 2.45) is 14.1 Å². The molecule has 0 bridgehead atoms. The summed E-state index contributed by atoms with van der Waals surface area (Å²) in [5.74, 6) is -0.267. The lowest BCUT2D eigenvalue weighted by atomic mass is 9.92. The lowest BCUT2D eigenvalue weighted by molar-refractivity contribution is -0.140. The number of ether oxygens (including phenoxy) is 2. The first-order valence-corrected chi connectivity index (χ1v) is 16.2. The van der Waals surface area contributed by atoms with Gasteiger partial charge in [0.15, 0.2) is 5.12 Å². The molecule has 13 heteroatoms. The van der Waals surface area contributed by atoms with Gasteiger partial charge in [0, 0.05) is 68.5 Å². The fourth-order valence-electron chi connectivity index (χ4n) is 6.52. The number of rotatable bonds is 10. The third-order valence-electron chi connectivity index (χ3n) is 8.57. The number of thioether (sulfide) groups is 1. The van der Waals surface area contributed by atoms with Crippen molar-refractivity contribution in [2.45, 2.75) is 64.4 Å². The largest absolute Gasteiger partial charge is 0.469 e. The van der Waals surface area contributed by atoms with Gasteiger partial charge in [-0.3, -0.25) is 23.9 Å². The summed E-state index contributed by atoms with van der Waals surface area (Å²) in [5, 5.41) is 11.1. The average molecular weight is 655 g/mol. The van der Waals surface area contributed by atoms with Crippen LogP contribution >= 0.6 is 23.4 Å². The van der Waals surface area contributed by atoms with E-state index in [9.17, 15) is 14.4 Å². The van der Waals surface area contributed by atoms with E-state index in [1.54, 1.807) is 6.92 Å². The molecule has 1 atom stereocenters. The van der Waals surface area contributed by atoms with Crippen molar-refractivity contribution in [3.05, 3.63) is 57.3 Å². The van der Waals surface area contributed by atoms with Crippen molar-refractivity contribution < 1.29 is 23.9 Å². The van der Waals surface area contributed by atoms with Gasteiger partial charge in [-0.2, -0.15) is 10.2 Å². The van der Waals surface area contributed by atoms with Gasteiger partial charge in [-0.1, -0.05) is 29.4 Å². The van der Waals surface area contributed by atoms with Gasteiger partial charge in [0.2, 0.25) is 0 Å². The maximum absolute atomic E-state index is 13.1. The Labute approximate surface area is 271 Å².